The quantitative estimate of drug-likeness (QED) is 0.0196. The van der Waals surface area contributed by atoms with Gasteiger partial charge >= 0.3 is 0 Å². The number of para-hydroxylation sites is 1. The lowest BCUT2D eigenvalue weighted by atomic mass is 10.0. The summed E-state index contributed by atoms with van der Waals surface area (Å²) in [6, 6.07) is 2.12. The van der Waals surface area contributed by atoms with Gasteiger partial charge in [-0.2, -0.15) is 0 Å². The van der Waals surface area contributed by atoms with Crippen LogP contribution in [0, 0.1) is 5.92 Å². The summed E-state index contributed by atoms with van der Waals surface area (Å²) in [6.45, 7) is 6.85. The zero-order chi connectivity index (χ0) is 69.8. The first kappa shape index (κ1) is 75.1. The first-order chi connectivity index (χ1) is 46.0. The molecule has 2 aliphatic heterocycles. The molecule has 4 aromatic rings. The molecule has 0 aliphatic carbocycles. The highest BCUT2D eigenvalue weighted by Gasteiger charge is 2.41. The summed E-state index contributed by atoms with van der Waals surface area (Å²) in [5.41, 5.74) is 24.7. The number of H-pyrrole nitrogens is 2. The predicted molar refractivity (Wildman–Crippen MR) is 355 cm³/mol. The number of amides is 12. The van der Waals surface area contributed by atoms with Gasteiger partial charge in [0.1, 0.15) is 60.4 Å². The smallest absolute Gasteiger partial charge is 0.249 e. The maximum absolute atomic E-state index is 15.3. The molecule has 0 saturated carbocycles. The summed E-state index contributed by atoms with van der Waals surface area (Å²) in [6.07, 6.45) is 6.09. The molecule has 0 spiro atoms. The second-order valence-corrected chi connectivity index (χ2v) is 24.6. The maximum atomic E-state index is 15.3. The minimum absolute atomic E-state index is 0.00179. The van der Waals surface area contributed by atoms with E-state index in [0.29, 0.717) is 54.1 Å². The van der Waals surface area contributed by atoms with Crippen LogP contribution in [-0.2, 0) is 70.4 Å². The number of hydrogen-bond acceptors (Lipinski definition) is 15. The molecule has 2 aromatic carbocycles. The van der Waals surface area contributed by atoms with Gasteiger partial charge in [-0.1, -0.05) is 82.1 Å². The highest BCUT2D eigenvalue weighted by molar-refractivity contribution is 6.00. The standard InChI is InChI=1S/C65H95N19O12/c1-5-6-21-43(75-38(4)85)56(88)80-49-33-52(86)71-28-15-13-23-44(57(89)78-46(24-12-14-27-66)64(96)84-30-17-26-51(84)62(94)82-53(37(2)3)55(67)87)76-60(92)48(32-40-34-73-42-22-11-10-20-41(40)42)79-58(90)45(25-16-29-72-65(68)69)77-59(91)47(31-39-18-8-7-9-19-39)81-63(95)54(83-61(49)93)50-35-70-36-74-50/h7-11,18-20,22,34-37,43-49,51,53-54,73H,5-6,12-17,21,23-33,66H2,1-4H3,(H2,67,87)(H,70,74)(H,71,86)(H,75,85)(H,76,92)(H,77,91)(H,78,89)(H,79,90)(H,80,88)(H,81,95)(H,82,94)(H,83,93)(H4,68,69,72)/t43-,44-,45-,46-,47+,48-,49?,51-,53-,54?/m0/s1. The van der Waals surface area contributed by atoms with Gasteiger partial charge in [0.05, 0.1) is 24.6 Å². The Morgan fingerprint density at radius 3 is 2.08 bits per heavy atom. The Morgan fingerprint density at radius 2 is 1.40 bits per heavy atom. The molecule has 4 heterocycles. The molecule has 2 aliphatic rings. The molecule has 0 bridgehead atoms. The number of aromatic amines is 2. The highest BCUT2D eigenvalue weighted by Crippen LogP contribution is 2.23. The Labute approximate surface area is 557 Å². The number of aliphatic imine (C=N–C) groups is 1. The van der Waals surface area contributed by atoms with E-state index in [1.165, 1.54) is 24.3 Å². The van der Waals surface area contributed by atoms with Crippen LogP contribution < -0.4 is 76.1 Å². The van der Waals surface area contributed by atoms with E-state index in [0.717, 1.165) is 0 Å². The fourth-order valence-corrected chi connectivity index (χ4v) is 11.6. The first-order valence-electron chi connectivity index (χ1n) is 32.9. The second kappa shape index (κ2) is 37.8. The Bertz CT molecular complexity index is 3340. The fraction of sp³-hybridized carbons (Fsp3) is 0.538. The average Bonchev–Trinajstić information content (AvgIpc) is 1.62. The number of primary amides is 1. The number of carbonyl (C=O) groups excluding carboxylic acids is 12. The maximum Gasteiger partial charge on any atom is 0.249 e. The molecule has 2 unspecified atom stereocenters. The normalized spacial score (nSPS) is 21.4. The lowest BCUT2D eigenvalue weighted by molar-refractivity contribution is -0.142. The molecule has 2 saturated heterocycles. The zero-order valence-electron chi connectivity index (χ0n) is 55.0. The molecule has 6 rings (SSSR count). The van der Waals surface area contributed by atoms with Gasteiger partial charge in [0.25, 0.3) is 0 Å². The number of guanidine groups is 1. The van der Waals surface area contributed by atoms with Crippen LogP contribution in [0.15, 0.2) is 78.3 Å². The van der Waals surface area contributed by atoms with E-state index in [-0.39, 0.29) is 108 Å². The molecule has 31 nitrogen and oxygen atoms in total. The second-order valence-electron chi connectivity index (χ2n) is 24.6. The number of aromatic nitrogens is 3. The zero-order valence-corrected chi connectivity index (χ0v) is 55.0. The Morgan fingerprint density at radius 1 is 0.708 bits per heavy atom. The van der Waals surface area contributed by atoms with Gasteiger partial charge in [0, 0.05) is 56.5 Å². The van der Waals surface area contributed by atoms with E-state index < -0.39 is 138 Å². The minimum atomic E-state index is -1.69. The summed E-state index contributed by atoms with van der Waals surface area (Å²) < 4.78 is 0. The molecule has 12 amide bonds. The van der Waals surface area contributed by atoms with Crippen LogP contribution in [0.5, 0.6) is 0 Å². The van der Waals surface area contributed by atoms with E-state index in [1.54, 1.807) is 56.4 Å². The summed E-state index contributed by atoms with van der Waals surface area (Å²) in [5.74, 6) is -10.1. The molecule has 0 radical (unpaired) electrons. The topological polar surface area (TPSA) is 489 Å². The van der Waals surface area contributed by atoms with E-state index in [2.05, 4.69) is 73.1 Å². The molecule has 2 fully saturated rings. The third-order valence-corrected chi connectivity index (χ3v) is 16.7. The Balaban J connectivity index is 1.43. The monoisotopic (exact) mass is 1330 g/mol. The number of benzene rings is 2. The number of rotatable bonds is 26. The van der Waals surface area contributed by atoms with Crippen molar-refractivity contribution >= 4 is 87.7 Å². The highest BCUT2D eigenvalue weighted by atomic mass is 16.2. The van der Waals surface area contributed by atoms with Crippen molar-refractivity contribution in [1.29, 1.82) is 0 Å². The van der Waals surface area contributed by atoms with Crippen LogP contribution in [0.2, 0.25) is 0 Å². The van der Waals surface area contributed by atoms with Crippen LogP contribution in [0.3, 0.4) is 0 Å². The van der Waals surface area contributed by atoms with Crippen molar-refractivity contribution < 1.29 is 57.5 Å². The van der Waals surface area contributed by atoms with Gasteiger partial charge in [0.2, 0.25) is 70.9 Å². The Hall–Kier alpha value is -9.94. The van der Waals surface area contributed by atoms with Crippen LogP contribution in [0.25, 0.3) is 10.9 Å². The van der Waals surface area contributed by atoms with E-state index in [4.69, 9.17) is 22.9 Å². The van der Waals surface area contributed by atoms with Gasteiger partial charge in [0.15, 0.2) is 5.96 Å². The number of nitrogens with one attached hydrogen (secondary N) is 12. The van der Waals surface area contributed by atoms with Crippen molar-refractivity contribution in [2.24, 2.45) is 33.8 Å². The number of imidazole rings is 1. The van der Waals surface area contributed by atoms with Crippen molar-refractivity contribution in [3.05, 3.63) is 90.1 Å². The van der Waals surface area contributed by atoms with Crippen LogP contribution in [-0.4, -0.2) is 177 Å². The molecule has 10 atom stereocenters. The van der Waals surface area contributed by atoms with Crippen molar-refractivity contribution in [1.82, 2.24) is 73.0 Å². The lowest BCUT2D eigenvalue weighted by Crippen LogP contribution is -2.60. The minimum Gasteiger partial charge on any atom is -0.370 e. The average molecular weight is 1330 g/mol. The van der Waals surface area contributed by atoms with Gasteiger partial charge in [-0.15, -0.1) is 0 Å². The van der Waals surface area contributed by atoms with Gasteiger partial charge in [-0.05, 0) is 100 Å². The molecule has 2 aromatic heterocycles. The number of unbranched alkanes of at least 4 members (excludes halogenated alkanes) is 2. The van der Waals surface area contributed by atoms with Crippen molar-refractivity contribution in [3.8, 4) is 0 Å². The van der Waals surface area contributed by atoms with Gasteiger partial charge in [-0.3, -0.25) is 62.5 Å². The van der Waals surface area contributed by atoms with Crippen LogP contribution >= 0.6 is 0 Å². The third kappa shape index (κ3) is 22.9. The fourth-order valence-electron chi connectivity index (χ4n) is 11.6. The molecule has 31 heteroatoms. The van der Waals surface area contributed by atoms with E-state index >= 15 is 19.2 Å². The predicted octanol–water partition coefficient (Wildman–Crippen LogP) is -1.37. The number of nitrogens with two attached hydrogens (primary N) is 4. The summed E-state index contributed by atoms with van der Waals surface area (Å²) in [5, 5.41) is 28.0. The summed E-state index contributed by atoms with van der Waals surface area (Å²) in [4.78, 5) is 187. The van der Waals surface area contributed by atoms with Crippen molar-refractivity contribution in [2.75, 3.05) is 26.2 Å². The van der Waals surface area contributed by atoms with E-state index in [1.807, 2.05) is 25.1 Å². The number of likely N-dealkylation sites (tertiary alicyclic amines) is 1. The SMILES string of the molecule is CCCC[C@H](NC(C)=O)C(=O)NC1CC(=O)NCCCC[C@@H](C(=O)N[C@@H](CCCCN)C(=O)N2CCC[C@H]2C(=O)N[C@H](C(N)=O)C(C)C)NC(=O)[C@H](Cc2c[nH]c3ccccc23)NC(=O)[C@H](CCCN=C(N)N)NC(=O)[C@@H](Cc2ccccc2)NC(=O)C(c2cnc[nH]2)NC1=O. The first-order valence-corrected chi connectivity index (χ1v) is 32.9. The van der Waals surface area contributed by atoms with E-state index in [9.17, 15) is 38.4 Å². The number of fused-ring (bicyclic) bond motifs is 1. The summed E-state index contributed by atoms with van der Waals surface area (Å²) in [7, 11) is 0. The van der Waals surface area contributed by atoms with Crippen LogP contribution in [0.1, 0.15) is 140 Å². The molecular weight excluding hydrogens is 1240 g/mol. The number of carbonyl (C=O) groups is 12. The van der Waals surface area contributed by atoms with Gasteiger partial charge in [-0.25, -0.2) is 4.98 Å². The van der Waals surface area contributed by atoms with Gasteiger partial charge < -0.3 is 91.0 Å². The molecule has 522 valence electrons. The molecular formula is C65H95N19O12. The van der Waals surface area contributed by atoms with Crippen molar-refractivity contribution in [2.45, 2.75) is 191 Å². The third-order valence-electron chi connectivity index (χ3n) is 16.7. The number of hydrogen-bond donors (Lipinski definition) is 16. The van der Waals surface area contributed by atoms with Crippen LogP contribution in [0.4, 0.5) is 0 Å². The lowest BCUT2D eigenvalue weighted by Gasteiger charge is -2.31. The summed E-state index contributed by atoms with van der Waals surface area (Å²) >= 11 is 0. The van der Waals surface area contributed by atoms with Crippen molar-refractivity contribution in [3.63, 3.8) is 0 Å². The Kier molecular flexibility index (Phi) is 29.6. The molecule has 96 heavy (non-hydrogen) atoms. The largest absolute Gasteiger partial charge is 0.370 e. The molecule has 20 N–H and O–H groups in total. The number of nitrogens with zero attached hydrogens (tertiary/aromatic N) is 3.